The third-order valence-electron chi connectivity index (χ3n) is 0.440. The van der Waals surface area contributed by atoms with Gasteiger partial charge >= 0.3 is 45.5 Å². The summed E-state index contributed by atoms with van der Waals surface area (Å²) < 4.78 is 11.6. The van der Waals surface area contributed by atoms with Crippen LogP contribution in [0.25, 0.3) is 0 Å². The Morgan fingerprint density at radius 1 is 1.30 bits per heavy atom. The summed E-state index contributed by atoms with van der Waals surface area (Å²) in [6, 6.07) is 0. The Balaban J connectivity index is 0. The molecule has 0 aliphatic rings. The summed E-state index contributed by atoms with van der Waals surface area (Å²) in [6.07, 6.45) is -0.199. The Hall–Kier alpha value is 0.0905. The number of rotatable bonds is 2. The van der Waals surface area contributed by atoms with E-state index in [1.807, 2.05) is 0 Å². The second-order valence-electron chi connectivity index (χ2n) is 1.10. The van der Waals surface area contributed by atoms with Crippen LogP contribution in [0.3, 0.4) is 0 Å². The summed E-state index contributed by atoms with van der Waals surface area (Å²) in [4.78, 5) is 18.8. The third-order valence-corrected chi connectivity index (χ3v) is 0.440. The Kier molecular flexibility index (Phi) is 7.44. The van der Waals surface area contributed by atoms with Gasteiger partial charge in [0.2, 0.25) is 0 Å². The molecule has 0 bridgehead atoms. The first-order valence-corrected chi connectivity index (χ1v) is 1.83. The summed E-state index contributed by atoms with van der Waals surface area (Å²) in [5, 5.41) is 18.8. The Morgan fingerprint density at radius 3 is 1.80 bits per heavy atom. The van der Waals surface area contributed by atoms with Gasteiger partial charge in [-0.1, -0.05) is 0 Å². The maximum absolute atomic E-state index is 11.6. The summed E-state index contributed by atoms with van der Waals surface area (Å²) >= 11 is 0. The first kappa shape index (κ1) is 12.7. The van der Waals surface area contributed by atoms with Gasteiger partial charge in [-0.15, -0.1) is 0 Å². The van der Waals surface area contributed by atoms with Crippen LogP contribution in [-0.2, 0) is 9.59 Å². The molecule has 0 aromatic rings. The fraction of sp³-hybridized carbons (Fsp3) is 0. The molecule has 0 fully saturated rings. The molecule has 0 saturated carbocycles. The summed E-state index contributed by atoms with van der Waals surface area (Å²) in [7, 11) is 0. The van der Waals surface area contributed by atoms with E-state index >= 15 is 0 Å². The van der Waals surface area contributed by atoms with E-state index in [0.717, 1.165) is 0 Å². The van der Waals surface area contributed by atoms with Crippen molar-refractivity contribution in [2.45, 2.75) is 0 Å². The minimum atomic E-state index is -2.17. The second-order valence-corrected chi connectivity index (χ2v) is 1.10. The van der Waals surface area contributed by atoms with Crippen LogP contribution in [0, 0.1) is 0 Å². The molecule has 0 radical (unpaired) electrons. The molecule has 4 nitrogen and oxygen atoms in total. The molecule has 0 atom stereocenters. The summed E-state index contributed by atoms with van der Waals surface area (Å²) in [5.74, 6) is -5.93. The molecule has 50 valence electrons. The van der Waals surface area contributed by atoms with Crippen LogP contribution in [0.15, 0.2) is 11.9 Å². The smallest absolute Gasteiger partial charge is 0.545 e. The number of hydrogen-bond donors (Lipinski definition) is 0. The number of hydrogen-bond acceptors (Lipinski definition) is 4. The monoisotopic (exact) mass is 220 g/mol. The molecular weight excluding hydrogens is 219 g/mol. The Bertz CT molecular complexity index is 176. The molecule has 0 aromatic carbocycles. The molecule has 0 aliphatic heterocycles. The van der Waals surface area contributed by atoms with E-state index < -0.39 is 17.8 Å². The van der Waals surface area contributed by atoms with Crippen LogP contribution >= 0.6 is 0 Å². The molecule has 0 unspecified atom stereocenters. The van der Waals surface area contributed by atoms with Crippen molar-refractivity contribution in [2.75, 3.05) is 0 Å². The van der Waals surface area contributed by atoms with Gasteiger partial charge < -0.3 is 19.8 Å². The topological polar surface area (TPSA) is 80.3 Å². The number of aliphatic carboxylic acids is 2. The normalized spacial score (nSPS) is 9.90. The molecule has 10 heavy (non-hydrogen) atoms. The van der Waals surface area contributed by atoms with E-state index in [2.05, 4.69) is 0 Å². The van der Waals surface area contributed by atoms with Crippen molar-refractivity contribution >= 4 is 57.4 Å². The fourth-order valence-corrected chi connectivity index (χ4v) is 0.162. The van der Waals surface area contributed by atoms with Crippen molar-refractivity contribution < 1.29 is 24.2 Å². The molecule has 6 heteroatoms. The quantitative estimate of drug-likeness (QED) is 0.365. The number of carboxylic acid groups (broad SMARTS) is 2. The number of carboxylic acids is 2. The summed E-state index contributed by atoms with van der Waals surface area (Å²) in [6.45, 7) is 0. The van der Waals surface area contributed by atoms with Crippen LogP contribution in [0.4, 0.5) is 4.39 Å². The van der Waals surface area contributed by atoms with E-state index in [1.165, 1.54) is 0 Å². The largest absolute Gasteiger partial charge is 2.00 e. The van der Waals surface area contributed by atoms with E-state index in [0.29, 0.717) is 0 Å². The first-order valence-electron chi connectivity index (χ1n) is 1.83. The van der Waals surface area contributed by atoms with Crippen molar-refractivity contribution in [3.63, 3.8) is 0 Å². The second kappa shape index (κ2) is 5.84. The zero-order chi connectivity index (χ0) is 7.44. The molecule has 0 heterocycles. The molecule has 0 amide bonds. The summed E-state index contributed by atoms with van der Waals surface area (Å²) in [5.41, 5.74) is 0. The number of carbonyl (C=O) groups excluding carboxylic acids is 2. The minimum Gasteiger partial charge on any atom is -0.545 e. The van der Waals surface area contributed by atoms with Gasteiger partial charge in [-0.2, -0.15) is 0 Å². The maximum Gasteiger partial charge on any atom is 2.00 e. The van der Waals surface area contributed by atoms with Gasteiger partial charge in [0.05, 0.1) is 5.97 Å². The number of halogens is 1. The third kappa shape index (κ3) is 6.21. The molecule has 0 spiro atoms. The average Bonchev–Trinajstić information content (AvgIpc) is 1.63. The van der Waals surface area contributed by atoms with Crippen molar-refractivity contribution in [3.8, 4) is 0 Å². The van der Waals surface area contributed by atoms with Crippen LogP contribution < -0.4 is 10.2 Å². The molecule has 0 N–H and O–H groups in total. The molecular formula is C4HFO4Sr. The zero-order valence-corrected chi connectivity index (χ0v) is 8.27. The van der Waals surface area contributed by atoms with E-state index in [4.69, 9.17) is 0 Å². The van der Waals surface area contributed by atoms with Crippen molar-refractivity contribution in [1.29, 1.82) is 0 Å². The van der Waals surface area contributed by atoms with Crippen LogP contribution in [0.5, 0.6) is 0 Å². The predicted octanol–water partition coefficient (Wildman–Crippen LogP) is -3.04. The molecule has 0 aliphatic carbocycles. The minimum absolute atomic E-state index is 0. The van der Waals surface area contributed by atoms with Crippen LogP contribution in [-0.4, -0.2) is 57.4 Å². The Morgan fingerprint density at radius 2 is 1.70 bits per heavy atom. The fourth-order valence-electron chi connectivity index (χ4n) is 0.162. The van der Waals surface area contributed by atoms with Gasteiger partial charge in [0, 0.05) is 0 Å². The van der Waals surface area contributed by atoms with Gasteiger partial charge in [0.25, 0.3) is 0 Å². The zero-order valence-electron chi connectivity index (χ0n) is 4.80. The molecule has 0 rings (SSSR count). The van der Waals surface area contributed by atoms with Gasteiger partial charge in [-0.05, 0) is 6.08 Å². The van der Waals surface area contributed by atoms with E-state index in [9.17, 15) is 24.2 Å². The van der Waals surface area contributed by atoms with Crippen LogP contribution in [0.2, 0.25) is 0 Å². The average molecular weight is 220 g/mol. The van der Waals surface area contributed by atoms with Crippen molar-refractivity contribution in [1.82, 2.24) is 0 Å². The Labute approximate surface area is 92.6 Å². The van der Waals surface area contributed by atoms with Gasteiger partial charge in [0.1, 0.15) is 11.8 Å². The first-order chi connectivity index (χ1) is 4.04. The van der Waals surface area contributed by atoms with Gasteiger partial charge in [-0.25, -0.2) is 4.39 Å². The standard InChI is InChI=1S/C4H3FO4.Sr/c5-2(4(8)9)1-3(6)7;/h1H,(H,6,7)(H,8,9);/q;+2/p-2. The molecule has 0 saturated heterocycles. The van der Waals surface area contributed by atoms with E-state index in [1.54, 1.807) is 0 Å². The van der Waals surface area contributed by atoms with Gasteiger partial charge in [0.15, 0.2) is 0 Å². The number of carbonyl (C=O) groups is 2. The maximum atomic E-state index is 11.6. The van der Waals surface area contributed by atoms with Crippen LogP contribution in [0.1, 0.15) is 0 Å². The van der Waals surface area contributed by atoms with Gasteiger partial charge in [-0.3, -0.25) is 0 Å². The predicted molar refractivity (Wildman–Crippen MR) is 25.0 cm³/mol. The van der Waals surface area contributed by atoms with Crippen molar-refractivity contribution in [3.05, 3.63) is 11.9 Å². The molecule has 0 aromatic heterocycles. The van der Waals surface area contributed by atoms with Crippen molar-refractivity contribution in [2.24, 2.45) is 0 Å². The SMILES string of the molecule is O=C([O-])C=C(F)C(=O)[O-].[Sr+2]. The van der Waals surface area contributed by atoms with E-state index in [-0.39, 0.29) is 51.6 Å².